The number of hydrogen-bond acceptors (Lipinski definition) is 5. The van der Waals surface area contributed by atoms with Gasteiger partial charge in [-0.05, 0) is 85.1 Å². The van der Waals surface area contributed by atoms with Crippen LogP contribution in [-0.2, 0) is 19.0 Å². The first-order chi connectivity index (χ1) is 22.6. The van der Waals surface area contributed by atoms with Crippen LogP contribution in [-0.4, -0.2) is 40.6 Å². The zero-order valence-electron chi connectivity index (χ0n) is 26.8. The SMILES string of the molecule is CC1(C)CCc2c(nc(C3CCN(c4ncc(OC(F)F)cn4)CC3)c(C(F)c3ccc(C(F)(F)F)cc3)c2C2CCC(F)(F)CC2)C1. The third-order valence-electron chi connectivity index (χ3n) is 10.1. The predicted molar refractivity (Wildman–Crippen MR) is 163 cm³/mol. The van der Waals surface area contributed by atoms with E-state index in [-0.39, 0.29) is 54.2 Å². The molecule has 0 N–H and O–H groups in total. The topological polar surface area (TPSA) is 51.1 Å². The van der Waals surface area contributed by atoms with E-state index in [2.05, 4.69) is 28.6 Å². The number of ether oxygens (including phenoxy) is 1. The lowest BCUT2D eigenvalue weighted by atomic mass is 9.69. The van der Waals surface area contributed by atoms with Gasteiger partial charge in [0.25, 0.3) is 0 Å². The fourth-order valence-electron chi connectivity index (χ4n) is 7.53. The number of alkyl halides is 8. The molecular formula is C35H38F8N4O. The Kier molecular flexibility index (Phi) is 9.36. The second kappa shape index (κ2) is 13.1. The van der Waals surface area contributed by atoms with E-state index in [0.29, 0.717) is 61.5 Å². The molecule has 1 unspecified atom stereocenters. The van der Waals surface area contributed by atoms with Gasteiger partial charge in [-0.2, -0.15) is 22.0 Å². The summed E-state index contributed by atoms with van der Waals surface area (Å²) in [6, 6.07) is 4.04. The van der Waals surface area contributed by atoms with E-state index in [4.69, 9.17) is 4.98 Å². The van der Waals surface area contributed by atoms with Gasteiger partial charge in [0.2, 0.25) is 11.9 Å². The highest BCUT2D eigenvalue weighted by molar-refractivity contribution is 5.50. The molecule has 3 aromatic rings. The number of benzene rings is 1. The summed E-state index contributed by atoms with van der Waals surface area (Å²) in [5, 5.41) is 0. The molecule has 260 valence electrons. The number of nitrogens with zero attached hydrogens (tertiary/aromatic N) is 4. The summed E-state index contributed by atoms with van der Waals surface area (Å²) in [6.45, 7) is 2.18. The van der Waals surface area contributed by atoms with Crippen molar-refractivity contribution in [3.05, 3.63) is 75.9 Å². The highest BCUT2D eigenvalue weighted by Crippen LogP contribution is 2.50. The van der Waals surface area contributed by atoms with Crippen LogP contribution in [0.2, 0.25) is 0 Å². The van der Waals surface area contributed by atoms with Gasteiger partial charge in [-0.25, -0.2) is 23.1 Å². The van der Waals surface area contributed by atoms with Crippen LogP contribution in [0.4, 0.5) is 41.1 Å². The van der Waals surface area contributed by atoms with E-state index in [1.165, 1.54) is 12.4 Å². The van der Waals surface area contributed by atoms with Crippen LogP contribution >= 0.6 is 0 Å². The van der Waals surface area contributed by atoms with Gasteiger partial charge >= 0.3 is 12.8 Å². The maximum absolute atomic E-state index is 17.1. The van der Waals surface area contributed by atoms with E-state index in [1.807, 2.05) is 4.90 Å². The Bertz CT molecular complexity index is 1580. The summed E-state index contributed by atoms with van der Waals surface area (Å²) in [6.07, 6.45) is -1.21. The standard InChI is InChI=1S/C35H38F8N4O/c1-33(2)12-9-25-26(17-33)46-30(22-10-15-47(16-11-22)32-44-18-24(19-45-32)48-31(37)38)28(27(25)20-7-13-34(39,40)14-8-20)29(36)21-3-5-23(6-4-21)35(41,42)43/h3-6,18-20,22,29,31H,7-17H2,1-2H3. The number of hydrogen-bond donors (Lipinski definition) is 0. The Balaban J connectivity index is 1.40. The number of halogens is 8. The summed E-state index contributed by atoms with van der Waals surface area (Å²) in [5.74, 6) is -3.20. The van der Waals surface area contributed by atoms with Crippen molar-refractivity contribution in [2.45, 2.75) is 108 Å². The maximum Gasteiger partial charge on any atom is 0.416 e. The molecule has 0 radical (unpaired) electrons. The quantitative estimate of drug-likeness (QED) is 0.232. The summed E-state index contributed by atoms with van der Waals surface area (Å²) < 4.78 is 116. The number of rotatable bonds is 7. The normalized spacial score (nSPS) is 20.9. The second-order valence-corrected chi connectivity index (χ2v) is 14.1. The summed E-state index contributed by atoms with van der Waals surface area (Å²) in [4.78, 5) is 15.4. The van der Waals surface area contributed by atoms with Crippen LogP contribution in [0.1, 0.15) is 116 Å². The minimum absolute atomic E-state index is 0.0569. The fraction of sp³-hybridized carbons (Fsp3) is 0.571. The van der Waals surface area contributed by atoms with Crippen LogP contribution in [0.3, 0.4) is 0 Å². The van der Waals surface area contributed by atoms with Crippen molar-refractivity contribution in [1.82, 2.24) is 15.0 Å². The molecule has 1 aliphatic heterocycles. The molecule has 3 heterocycles. The highest BCUT2D eigenvalue weighted by Gasteiger charge is 2.42. The summed E-state index contributed by atoms with van der Waals surface area (Å²) in [7, 11) is 0. The Morgan fingerprint density at radius 3 is 2.08 bits per heavy atom. The zero-order chi connectivity index (χ0) is 34.4. The maximum atomic E-state index is 17.1. The molecule has 0 amide bonds. The molecule has 3 aliphatic rings. The van der Waals surface area contributed by atoms with E-state index in [0.717, 1.165) is 41.9 Å². The molecule has 1 aromatic carbocycles. The van der Waals surface area contributed by atoms with Gasteiger partial charge in [0, 0.05) is 43.1 Å². The van der Waals surface area contributed by atoms with E-state index in [9.17, 15) is 30.7 Å². The largest absolute Gasteiger partial charge is 0.432 e. The predicted octanol–water partition coefficient (Wildman–Crippen LogP) is 9.74. The van der Waals surface area contributed by atoms with Crippen LogP contribution in [0, 0.1) is 5.41 Å². The Morgan fingerprint density at radius 1 is 0.875 bits per heavy atom. The first-order valence-corrected chi connectivity index (χ1v) is 16.4. The number of pyridine rings is 1. The van der Waals surface area contributed by atoms with E-state index >= 15 is 4.39 Å². The third kappa shape index (κ3) is 7.39. The lowest BCUT2D eigenvalue weighted by Gasteiger charge is -2.39. The molecule has 1 saturated heterocycles. The zero-order valence-corrected chi connectivity index (χ0v) is 26.8. The molecule has 2 fully saturated rings. The molecule has 0 bridgehead atoms. The number of piperidine rings is 1. The number of fused-ring (bicyclic) bond motifs is 1. The summed E-state index contributed by atoms with van der Waals surface area (Å²) >= 11 is 0. The van der Waals surface area contributed by atoms with Gasteiger partial charge in [-0.1, -0.05) is 26.0 Å². The van der Waals surface area contributed by atoms with Crippen molar-refractivity contribution in [2.75, 3.05) is 18.0 Å². The Hall–Kier alpha value is -3.51. The van der Waals surface area contributed by atoms with Gasteiger partial charge in [0.1, 0.15) is 0 Å². The molecule has 48 heavy (non-hydrogen) atoms. The monoisotopic (exact) mass is 682 g/mol. The van der Waals surface area contributed by atoms with Crippen molar-refractivity contribution < 1.29 is 39.9 Å². The van der Waals surface area contributed by atoms with Crippen molar-refractivity contribution >= 4 is 5.95 Å². The molecule has 2 aliphatic carbocycles. The molecular weight excluding hydrogens is 644 g/mol. The van der Waals surface area contributed by atoms with Crippen LogP contribution in [0.25, 0.3) is 0 Å². The molecule has 6 rings (SSSR count). The smallest absolute Gasteiger partial charge is 0.416 e. The first-order valence-electron chi connectivity index (χ1n) is 16.4. The lowest BCUT2D eigenvalue weighted by Crippen LogP contribution is -2.35. The summed E-state index contributed by atoms with van der Waals surface area (Å²) in [5.41, 5.74) is 2.41. The third-order valence-corrected chi connectivity index (χ3v) is 10.1. The lowest BCUT2D eigenvalue weighted by molar-refractivity contribution is -0.137. The first kappa shape index (κ1) is 34.4. The van der Waals surface area contributed by atoms with Crippen molar-refractivity contribution in [1.29, 1.82) is 0 Å². The average Bonchev–Trinajstić information content (AvgIpc) is 3.03. The molecule has 0 spiro atoms. The fourth-order valence-corrected chi connectivity index (χ4v) is 7.53. The van der Waals surface area contributed by atoms with Gasteiger partial charge < -0.3 is 9.64 Å². The average molecular weight is 683 g/mol. The van der Waals surface area contributed by atoms with Crippen LogP contribution in [0.5, 0.6) is 5.75 Å². The number of anilines is 1. The molecule has 1 saturated carbocycles. The van der Waals surface area contributed by atoms with Gasteiger partial charge in [-0.15, -0.1) is 0 Å². The molecule has 2 aromatic heterocycles. The Labute approximate surface area is 274 Å². The minimum Gasteiger partial charge on any atom is -0.432 e. The van der Waals surface area contributed by atoms with Crippen LogP contribution < -0.4 is 9.64 Å². The van der Waals surface area contributed by atoms with Crippen molar-refractivity contribution in [2.24, 2.45) is 5.41 Å². The molecule has 5 nitrogen and oxygen atoms in total. The van der Waals surface area contributed by atoms with Crippen molar-refractivity contribution in [3.63, 3.8) is 0 Å². The number of aromatic nitrogens is 3. The van der Waals surface area contributed by atoms with Crippen LogP contribution in [0.15, 0.2) is 36.7 Å². The Morgan fingerprint density at radius 2 is 1.50 bits per heavy atom. The highest BCUT2D eigenvalue weighted by atomic mass is 19.4. The van der Waals surface area contributed by atoms with Gasteiger partial charge in [0.15, 0.2) is 11.9 Å². The second-order valence-electron chi connectivity index (χ2n) is 14.1. The minimum atomic E-state index is -4.58. The molecule has 13 heteroatoms. The van der Waals surface area contributed by atoms with E-state index in [1.54, 1.807) is 0 Å². The van der Waals surface area contributed by atoms with Crippen molar-refractivity contribution in [3.8, 4) is 5.75 Å². The van der Waals surface area contributed by atoms with E-state index < -0.39 is 30.4 Å². The van der Waals surface area contributed by atoms with Gasteiger partial charge in [-0.3, -0.25) is 4.98 Å². The molecule has 1 atom stereocenters. The van der Waals surface area contributed by atoms with Gasteiger partial charge in [0.05, 0.1) is 23.7 Å².